The number of thiophene rings is 1. The van der Waals surface area contributed by atoms with E-state index in [4.69, 9.17) is 4.74 Å². The SMILES string of the molecule is OCC1(CN(Cc2ccsc2)C2CC2)CCCOC1. The molecule has 0 amide bonds. The van der Waals surface area contributed by atoms with Gasteiger partial charge in [-0.05, 0) is 48.1 Å². The molecule has 1 saturated heterocycles. The van der Waals surface area contributed by atoms with Crippen molar-refractivity contribution in [1.82, 2.24) is 4.90 Å². The predicted octanol–water partition coefficient (Wildman–Crippen LogP) is 2.50. The minimum absolute atomic E-state index is 0.0309. The van der Waals surface area contributed by atoms with E-state index in [1.807, 2.05) is 0 Å². The lowest BCUT2D eigenvalue weighted by Gasteiger charge is -2.39. The Labute approximate surface area is 119 Å². The first-order valence-corrected chi connectivity index (χ1v) is 8.19. The fourth-order valence-electron chi connectivity index (χ4n) is 3.01. The highest BCUT2D eigenvalue weighted by Crippen LogP contribution is 2.35. The second kappa shape index (κ2) is 5.92. The Kier molecular flexibility index (Phi) is 4.22. The van der Waals surface area contributed by atoms with E-state index in [0.29, 0.717) is 0 Å². The van der Waals surface area contributed by atoms with Crippen LogP contribution in [0.2, 0.25) is 0 Å². The van der Waals surface area contributed by atoms with Crippen LogP contribution in [0, 0.1) is 5.41 Å². The van der Waals surface area contributed by atoms with Crippen LogP contribution in [0.5, 0.6) is 0 Å². The molecule has 1 aliphatic carbocycles. The second-order valence-corrected chi connectivity index (χ2v) is 6.86. The Hall–Kier alpha value is -0.420. The molecule has 2 aliphatic rings. The lowest BCUT2D eigenvalue weighted by Crippen LogP contribution is -2.46. The fourth-order valence-corrected chi connectivity index (χ4v) is 3.67. The molecule has 1 unspecified atom stereocenters. The van der Waals surface area contributed by atoms with Crippen LogP contribution in [0.25, 0.3) is 0 Å². The molecular weight excluding hydrogens is 258 g/mol. The van der Waals surface area contributed by atoms with Crippen LogP contribution in [0.15, 0.2) is 16.8 Å². The standard InChI is InChI=1S/C15H23NO2S/c17-11-15(5-1-6-18-12-15)10-16(14-2-3-14)8-13-4-7-19-9-13/h4,7,9,14,17H,1-3,5-6,8,10-12H2. The van der Waals surface area contributed by atoms with E-state index >= 15 is 0 Å². The summed E-state index contributed by atoms with van der Waals surface area (Å²) in [4.78, 5) is 2.56. The highest BCUT2D eigenvalue weighted by Gasteiger charge is 2.38. The molecule has 106 valence electrons. The Morgan fingerprint density at radius 3 is 2.95 bits per heavy atom. The maximum absolute atomic E-state index is 9.81. The Bertz CT molecular complexity index is 383. The summed E-state index contributed by atoms with van der Waals surface area (Å²) in [5.74, 6) is 0. The zero-order valence-electron chi connectivity index (χ0n) is 11.4. The van der Waals surface area contributed by atoms with Crippen LogP contribution < -0.4 is 0 Å². The van der Waals surface area contributed by atoms with Gasteiger partial charge >= 0.3 is 0 Å². The normalized spacial score (nSPS) is 27.9. The van der Waals surface area contributed by atoms with Crippen molar-refractivity contribution in [3.8, 4) is 0 Å². The summed E-state index contributed by atoms with van der Waals surface area (Å²) in [5, 5.41) is 14.2. The van der Waals surface area contributed by atoms with Crippen LogP contribution in [-0.2, 0) is 11.3 Å². The molecule has 1 atom stereocenters. The maximum Gasteiger partial charge on any atom is 0.0556 e. The lowest BCUT2D eigenvalue weighted by atomic mass is 9.82. The zero-order valence-corrected chi connectivity index (χ0v) is 12.2. The van der Waals surface area contributed by atoms with Gasteiger partial charge in [-0.25, -0.2) is 0 Å². The monoisotopic (exact) mass is 281 g/mol. The third-order valence-corrected chi connectivity index (χ3v) is 5.04. The van der Waals surface area contributed by atoms with Gasteiger partial charge in [0.1, 0.15) is 0 Å². The van der Waals surface area contributed by atoms with Crippen molar-refractivity contribution in [2.45, 2.75) is 38.3 Å². The summed E-state index contributed by atoms with van der Waals surface area (Å²) in [7, 11) is 0. The van der Waals surface area contributed by atoms with Gasteiger partial charge in [-0.3, -0.25) is 4.90 Å². The van der Waals surface area contributed by atoms with Gasteiger partial charge in [-0.1, -0.05) is 0 Å². The van der Waals surface area contributed by atoms with E-state index in [-0.39, 0.29) is 12.0 Å². The summed E-state index contributed by atoms with van der Waals surface area (Å²) >= 11 is 1.76. The number of hydrogen-bond donors (Lipinski definition) is 1. The van der Waals surface area contributed by atoms with E-state index in [0.717, 1.165) is 45.2 Å². The summed E-state index contributed by atoms with van der Waals surface area (Å²) < 4.78 is 5.63. The number of nitrogens with zero attached hydrogens (tertiary/aromatic N) is 1. The molecule has 2 heterocycles. The van der Waals surface area contributed by atoms with Gasteiger partial charge < -0.3 is 9.84 Å². The van der Waals surface area contributed by atoms with E-state index in [1.165, 1.54) is 18.4 Å². The molecule has 3 nitrogen and oxygen atoms in total. The lowest BCUT2D eigenvalue weighted by molar-refractivity contribution is -0.0577. The topological polar surface area (TPSA) is 32.7 Å². The average molecular weight is 281 g/mol. The third-order valence-electron chi connectivity index (χ3n) is 4.31. The van der Waals surface area contributed by atoms with E-state index in [9.17, 15) is 5.11 Å². The van der Waals surface area contributed by atoms with Gasteiger partial charge in [0.25, 0.3) is 0 Å². The number of aliphatic hydroxyl groups excluding tert-OH is 1. The first-order valence-electron chi connectivity index (χ1n) is 7.25. The van der Waals surface area contributed by atoms with Crippen molar-refractivity contribution in [3.63, 3.8) is 0 Å². The number of rotatable bonds is 6. The zero-order chi connectivity index (χ0) is 13.1. The van der Waals surface area contributed by atoms with Crippen LogP contribution >= 0.6 is 11.3 Å². The van der Waals surface area contributed by atoms with Crippen LogP contribution in [0.3, 0.4) is 0 Å². The first kappa shape index (κ1) is 13.6. The summed E-state index contributed by atoms with van der Waals surface area (Å²) in [6.07, 6.45) is 4.80. The molecule has 1 aliphatic heterocycles. The maximum atomic E-state index is 9.81. The molecule has 2 fully saturated rings. The van der Waals surface area contributed by atoms with Gasteiger partial charge in [-0.2, -0.15) is 11.3 Å². The minimum atomic E-state index is -0.0309. The smallest absolute Gasteiger partial charge is 0.0556 e. The van der Waals surface area contributed by atoms with Crippen molar-refractivity contribution in [2.75, 3.05) is 26.4 Å². The Morgan fingerprint density at radius 2 is 2.37 bits per heavy atom. The first-order chi connectivity index (χ1) is 9.31. The molecule has 1 aromatic rings. The number of aliphatic hydroxyl groups is 1. The molecule has 1 N–H and O–H groups in total. The molecule has 4 heteroatoms. The molecular formula is C15H23NO2S. The molecule has 1 saturated carbocycles. The van der Waals surface area contributed by atoms with Crippen molar-refractivity contribution >= 4 is 11.3 Å². The Morgan fingerprint density at radius 1 is 1.47 bits per heavy atom. The second-order valence-electron chi connectivity index (χ2n) is 6.08. The quantitative estimate of drug-likeness (QED) is 0.869. The van der Waals surface area contributed by atoms with Gasteiger partial charge in [0, 0.05) is 31.2 Å². The Balaban J connectivity index is 1.66. The fraction of sp³-hybridized carbons (Fsp3) is 0.733. The summed E-state index contributed by atoms with van der Waals surface area (Å²) in [5.41, 5.74) is 1.37. The van der Waals surface area contributed by atoms with Crippen LogP contribution in [0.4, 0.5) is 0 Å². The minimum Gasteiger partial charge on any atom is -0.396 e. The molecule has 0 spiro atoms. The highest BCUT2D eigenvalue weighted by atomic mass is 32.1. The average Bonchev–Trinajstić information content (AvgIpc) is 3.18. The van der Waals surface area contributed by atoms with E-state index < -0.39 is 0 Å². The predicted molar refractivity (Wildman–Crippen MR) is 77.3 cm³/mol. The summed E-state index contributed by atoms with van der Waals surface area (Å²) in [6.45, 7) is 3.83. The molecule has 3 rings (SSSR count). The van der Waals surface area contributed by atoms with Crippen molar-refractivity contribution < 1.29 is 9.84 Å². The molecule has 1 aromatic heterocycles. The van der Waals surface area contributed by atoms with Crippen molar-refractivity contribution in [2.24, 2.45) is 5.41 Å². The van der Waals surface area contributed by atoms with Crippen LogP contribution in [0.1, 0.15) is 31.2 Å². The van der Waals surface area contributed by atoms with Gasteiger partial charge in [0.15, 0.2) is 0 Å². The molecule has 0 radical (unpaired) electrons. The van der Waals surface area contributed by atoms with Gasteiger partial charge in [0.05, 0.1) is 13.2 Å². The number of ether oxygens (including phenoxy) is 1. The van der Waals surface area contributed by atoms with Crippen molar-refractivity contribution in [1.29, 1.82) is 0 Å². The van der Waals surface area contributed by atoms with Gasteiger partial charge in [-0.15, -0.1) is 0 Å². The van der Waals surface area contributed by atoms with Crippen molar-refractivity contribution in [3.05, 3.63) is 22.4 Å². The molecule has 0 bridgehead atoms. The largest absolute Gasteiger partial charge is 0.396 e. The number of hydrogen-bond acceptors (Lipinski definition) is 4. The highest BCUT2D eigenvalue weighted by molar-refractivity contribution is 7.07. The van der Waals surface area contributed by atoms with Crippen LogP contribution in [-0.4, -0.2) is 42.4 Å². The molecule has 19 heavy (non-hydrogen) atoms. The third kappa shape index (κ3) is 3.37. The summed E-state index contributed by atoms with van der Waals surface area (Å²) in [6, 6.07) is 2.94. The molecule has 0 aromatic carbocycles. The van der Waals surface area contributed by atoms with Gasteiger partial charge in [0.2, 0.25) is 0 Å². The van der Waals surface area contributed by atoms with E-state index in [2.05, 4.69) is 21.7 Å². The van der Waals surface area contributed by atoms with E-state index in [1.54, 1.807) is 11.3 Å².